The Kier molecular flexibility index (Phi) is 4.46. The van der Waals surface area contributed by atoms with E-state index < -0.39 is 6.10 Å². The van der Waals surface area contributed by atoms with E-state index in [1.54, 1.807) is 24.8 Å². The van der Waals surface area contributed by atoms with E-state index in [1.807, 2.05) is 6.07 Å². The molecule has 1 aromatic rings. The highest BCUT2D eigenvalue weighted by molar-refractivity contribution is 8.00. The van der Waals surface area contributed by atoms with E-state index in [2.05, 4.69) is 0 Å². The molecule has 0 heterocycles. The van der Waals surface area contributed by atoms with Crippen molar-refractivity contribution < 1.29 is 9.50 Å². The molecule has 1 aliphatic carbocycles. The number of hydrogen-bond acceptors (Lipinski definition) is 2. The molecular formula is C14H19FOS. The third-order valence-corrected chi connectivity index (χ3v) is 4.69. The zero-order chi connectivity index (χ0) is 12.3. The largest absolute Gasteiger partial charge is 0.389 e. The van der Waals surface area contributed by atoms with Crippen LogP contribution in [0, 0.1) is 5.82 Å². The Labute approximate surface area is 106 Å². The topological polar surface area (TPSA) is 20.2 Å². The maximum absolute atomic E-state index is 13.7. The molecule has 1 saturated carbocycles. The second-order valence-corrected chi connectivity index (χ2v) is 6.05. The minimum atomic E-state index is -0.734. The quantitative estimate of drug-likeness (QED) is 0.867. The molecule has 0 aliphatic heterocycles. The lowest BCUT2D eigenvalue weighted by Gasteiger charge is -2.22. The molecule has 0 spiro atoms. The summed E-state index contributed by atoms with van der Waals surface area (Å²) < 4.78 is 13.7. The van der Waals surface area contributed by atoms with Gasteiger partial charge >= 0.3 is 0 Å². The fourth-order valence-corrected chi connectivity index (χ4v) is 3.87. The summed E-state index contributed by atoms with van der Waals surface area (Å²) in [6, 6.07) is 5.07. The van der Waals surface area contributed by atoms with Gasteiger partial charge in [0.05, 0.1) is 6.10 Å². The van der Waals surface area contributed by atoms with Crippen molar-refractivity contribution in [3.8, 4) is 0 Å². The first kappa shape index (κ1) is 12.9. The summed E-state index contributed by atoms with van der Waals surface area (Å²) in [6.07, 6.45) is 5.56. The Morgan fingerprint density at radius 1 is 1.29 bits per heavy atom. The molecule has 1 nitrogen and oxygen atoms in total. The van der Waals surface area contributed by atoms with E-state index in [0.29, 0.717) is 10.8 Å². The van der Waals surface area contributed by atoms with Gasteiger partial charge in [-0.3, -0.25) is 0 Å². The smallest absolute Gasteiger partial charge is 0.130 e. The van der Waals surface area contributed by atoms with Crippen LogP contribution in [0.25, 0.3) is 0 Å². The van der Waals surface area contributed by atoms with Gasteiger partial charge in [0.25, 0.3) is 0 Å². The highest BCUT2D eigenvalue weighted by Crippen LogP contribution is 2.37. The molecule has 1 aromatic carbocycles. The number of benzene rings is 1. The summed E-state index contributed by atoms with van der Waals surface area (Å²) in [5.74, 6) is -0.291. The van der Waals surface area contributed by atoms with Crippen LogP contribution in [0.15, 0.2) is 23.1 Å². The first-order valence-corrected chi connectivity index (χ1v) is 7.19. The van der Waals surface area contributed by atoms with E-state index in [1.165, 1.54) is 38.2 Å². The lowest BCUT2D eigenvalue weighted by Crippen LogP contribution is -2.09. The number of rotatable bonds is 3. The lowest BCUT2D eigenvalue weighted by atomic mass is 10.0. The van der Waals surface area contributed by atoms with Crippen LogP contribution >= 0.6 is 11.8 Å². The van der Waals surface area contributed by atoms with Gasteiger partial charge < -0.3 is 5.11 Å². The molecular weight excluding hydrogens is 235 g/mol. The Morgan fingerprint density at radius 3 is 2.65 bits per heavy atom. The summed E-state index contributed by atoms with van der Waals surface area (Å²) >= 11 is 1.73. The van der Waals surface area contributed by atoms with Crippen molar-refractivity contribution in [2.24, 2.45) is 0 Å². The van der Waals surface area contributed by atoms with E-state index >= 15 is 0 Å². The Morgan fingerprint density at radius 2 is 2.00 bits per heavy atom. The molecule has 0 bridgehead atoms. The van der Waals surface area contributed by atoms with Gasteiger partial charge in [0.15, 0.2) is 0 Å². The van der Waals surface area contributed by atoms with Crippen molar-refractivity contribution in [3.05, 3.63) is 29.6 Å². The molecule has 17 heavy (non-hydrogen) atoms. The first-order valence-electron chi connectivity index (χ1n) is 6.31. The van der Waals surface area contributed by atoms with Crippen LogP contribution in [-0.2, 0) is 0 Å². The summed E-state index contributed by atoms with van der Waals surface area (Å²) in [5, 5.41) is 10.2. The summed E-state index contributed by atoms with van der Waals surface area (Å²) in [5.41, 5.74) is 0.461. The fraction of sp³-hybridized carbons (Fsp3) is 0.571. The third kappa shape index (κ3) is 3.23. The predicted molar refractivity (Wildman–Crippen MR) is 69.8 cm³/mol. The molecule has 1 fully saturated rings. The summed E-state index contributed by atoms with van der Waals surface area (Å²) in [4.78, 5) is 0.909. The standard InChI is InChI=1S/C14H19FOS/c1-10(16)14-12(15)8-5-9-13(14)17-11-6-3-2-4-7-11/h5,8-11,16H,2-4,6-7H2,1H3/t10-/m0/s1. The molecule has 2 rings (SSSR count). The fourth-order valence-electron chi connectivity index (χ4n) is 2.39. The van der Waals surface area contributed by atoms with Crippen LogP contribution < -0.4 is 0 Å². The maximum atomic E-state index is 13.7. The zero-order valence-electron chi connectivity index (χ0n) is 10.2. The van der Waals surface area contributed by atoms with Gasteiger partial charge in [-0.1, -0.05) is 25.3 Å². The zero-order valence-corrected chi connectivity index (χ0v) is 11.0. The van der Waals surface area contributed by atoms with Crippen molar-refractivity contribution in [2.75, 3.05) is 0 Å². The molecule has 1 N–H and O–H groups in total. The number of aliphatic hydroxyl groups is 1. The van der Waals surface area contributed by atoms with Crippen LogP contribution in [0.4, 0.5) is 4.39 Å². The average molecular weight is 254 g/mol. The molecule has 0 aromatic heterocycles. The van der Waals surface area contributed by atoms with Gasteiger partial charge in [0.1, 0.15) is 5.82 Å². The van der Waals surface area contributed by atoms with E-state index in [9.17, 15) is 9.50 Å². The second kappa shape index (κ2) is 5.87. The molecule has 1 aliphatic rings. The van der Waals surface area contributed by atoms with E-state index in [0.717, 1.165) is 4.90 Å². The molecule has 0 radical (unpaired) electrons. The van der Waals surface area contributed by atoms with Gasteiger partial charge in [-0.05, 0) is 31.9 Å². The highest BCUT2D eigenvalue weighted by Gasteiger charge is 2.19. The number of aliphatic hydroxyl groups excluding tert-OH is 1. The number of halogens is 1. The van der Waals surface area contributed by atoms with Crippen molar-refractivity contribution >= 4 is 11.8 Å². The normalized spacial score (nSPS) is 19.2. The minimum Gasteiger partial charge on any atom is -0.389 e. The van der Waals surface area contributed by atoms with Gasteiger partial charge in [0, 0.05) is 15.7 Å². The van der Waals surface area contributed by atoms with Crippen molar-refractivity contribution in [1.82, 2.24) is 0 Å². The van der Waals surface area contributed by atoms with Crippen LogP contribution in [0.2, 0.25) is 0 Å². The van der Waals surface area contributed by atoms with Crippen molar-refractivity contribution in [1.29, 1.82) is 0 Å². The summed E-state index contributed by atoms with van der Waals surface area (Å²) in [7, 11) is 0. The first-order chi connectivity index (χ1) is 8.18. The van der Waals surface area contributed by atoms with Gasteiger partial charge in [0.2, 0.25) is 0 Å². The average Bonchev–Trinajstić information content (AvgIpc) is 2.30. The van der Waals surface area contributed by atoms with Gasteiger partial charge in [-0.25, -0.2) is 4.39 Å². The predicted octanol–water partition coefficient (Wildman–Crippen LogP) is 4.30. The molecule has 0 unspecified atom stereocenters. The maximum Gasteiger partial charge on any atom is 0.130 e. The number of hydrogen-bond donors (Lipinski definition) is 1. The van der Waals surface area contributed by atoms with Crippen LogP contribution in [0.1, 0.15) is 50.7 Å². The van der Waals surface area contributed by atoms with Gasteiger partial charge in [-0.15, -0.1) is 11.8 Å². The van der Waals surface area contributed by atoms with Crippen LogP contribution in [0.3, 0.4) is 0 Å². The third-order valence-electron chi connectivity index (χ3n) is 3.28. The Bertz CT molecular complexity index is 372. The van der Waals surface area contributed by atoms with Crippen molar-refractivity contribution in [2.45, 2.75) is 55.3 Å². The van der Waals surface area contributed by atoms with E-state index in [4.69, 9.17) is 0 Å². The van der Waals surface area contributed by atoms with Crippen molar-refractivity contribution in [3.63, 3.8) is 0 Å². The van der Waals surface area contributed by atoms with Gasteiger partial charge in [-0.2, -0.15) is 0 Å². The minimum absolute atomic E-state index is 0.291. The van der Waals surface area contributed by atoms with E-state index in [-0.39, 0.29) is 5.82 Å². The number of thioether (sulfide) groups is 1. The highest BCUT2D eigenvalue weighted by atomic mass is 32.2. The molecule has 0 amide bonds. The molecule has 0 saturated heterocycles. The lowest BCUT2D eigenvalue weighted by molar-refractivity contribution is 0.191. The second-order valence-electron chi connectivity index (χ2n) is 4.71. The molecule has 3 heteroatoms. The Balaban J connectivity index is 2.16. The monoisotopic (exact) mass is 254 g/mol. The van der Waals surface area contributed by atoms with Crippen LogP contribution in [-0.4, -0.2) is 10.4 Å². The molecule has 1 atom stereocenters. The SMILES string of the molecule is C[C@H](O)c1c(F)cccc1SC1CCCCC1. The Hall–Kier alpha value is -0.540. The van der Waals surface area contributed by atoms with Crippen LogP contribution in [0.5, 0.6) is 0 Å². The molecule has 94 valence electrons. The summed E-state index contributed by atoms with van der Waals surface area (Å²) in [6.45, 7) is 1.63.